The summed E-state index contributed by atoms with van der Waals surface area (Å²) >= 11 is 0. The lowest BCUT2D eigenvalue weighted by molar-refractivity contribution is -0.117. The number of anilines is 1. The van der Waals surface area contributed by atoms with Crippen LogP contribution in [0.3, 0.4) is 0 Å². The van der Waals surface area contributed by atoms with Crippen LogP contribution in [0.5, 0.6) is 0 Å². The Bertz CT molecular complexity index is 732. The van der Waals surface area contributed by atoms with E-state index in [2.05, 4.69) is 21.5 Å². The van der Waals surface area contributed by atoms with Crippen molar-refractivity contribution in [3.8, 4) is 0 Å². The van der Waals surface area contributed by atoms with Crippen LogP contribution in [-0.2, 0) is 17.8 Å². The Kier molecular flexibility index (Phi) is 6.80. The zero-order valence-corrected chi connectivity index (χ0v) is 16.6. The van der Waals surface area contributed by atoms with Crippen LogP contribution >= 0.6 is 24.0 Å². The molecule has 0 unspecified atom stereocenters. The second-order valence-electron chi connectivity index (χ2n) is 5.67. The summed E-state index contributed by atoms with van der Waals surface area (Å²) in [5, 5.41) is 7.00. The highest BCUT2D eigenvalue weighted by Crippen LogP contribution is 2.27. The number of aromatic nitrogens is 1. The molecule has 0 spiro atoms. The van der Waals surface area contributed by atoms with Crippen LogP contribution in [0, 0.1) is 0 Å². The van der Waals surface area contributed by atoms with Crippen LogP contribution in [-0.4, -0.2) is 49.1 Å². The quantitative estimate of drug-likeness (QED) is 0.433. The molecule has 1 aliphatic heterocycles. The Labute approximate surface area is 164 Å². The monoisotopic (exact) mass is 455 g/mol. The summed E-state index contributed by atoms with van der Waals surface area (Å²) in [7, 11) is 3.58. The molecule has 0 radical (unpaired) electrons. The molecule has 25 heavy (non-hydrogen) atoms. The SMILES string of the molecule is CN=C(NCC(=O)N1CCc2ccccc21)N(C)Cc1ccon1.I. The Balaban J connectivity index is 0.00000225. The van der Waals surface area contributed by atoms with Gasteiger partial charge in [0.1, 0.15) is 12.0 Å². The molecule has 0 saturated heterocycles. The largest absolute Gasteiger partial charge is 0.364 e. The third kappa shape index (κ3) is 4.50. The molecule has 2 heterocycles. The second kappa shape index (κ2) is 8.84. The predicted molar refractivity (Wildman–Crippen MR) is 107 cm³/mol. The summed E-state index contributed by atoms with van der Waals surface area (Å²) in [6.45, 7) is 1.48. The number of carbonyl (C=O) groups excluding carboxylic acids is 1. The molecule has 1 aromatic heterocycles. The van der Waals surface area contributed by atoms with Crippen LogP contribution in [0.25, 0.3) is 0 Å². The van der Waals surface area contributed by atoms with E-state index in [1.807, 2.05) is 35.0 Å². The van der Waals surface area contributed by atoms with Gasteiger partial charge in [0, 0.05) is 32.4 Å². The van der Waals surface area contributed by atoms with Crippen molar-refractivity contribution in [1.82, 2.24) is 15.4 Å². The minimum absolute atomic E-state index is 0. The first-order valence-corrected chi connectivity index (χ1v) is 7.88. The van der Waals surface area contributed by atoms with Crippen molar-refractivity contribution in [2.24, 2.45) is 4.99 Å². The smallest absolute Gasteiger partial charge is 0.246 e. The van der Waals surface area contributed by atoms with E-state index in [9.17, 15) is 4.79 Å². The van der Waals surface area contributed by atoms with E-state index in [4.69, 9.17) is 4.52 Å². The number of hydrogen-bond donors (Lipinski definition) is 1. The third-order valence-electron chi connectivity index (χ3n) is 4.05. The van der Waals surface area contributed by atoms with Crippen molar-refractivity contribution in [3.05, 3.63) is 47.9 Å². The van der Waals surface area contributed by atoms with Crippen molar-refractivity contribution in [1.29, 1.82) is 0 Å². The van der Waals surface area contributed by atoms with Crippen molar-refractivity contribution < 1.29 is 9.32 Å². The van der Waals surface area contributed by atoms with Crippen molar-refractivity contribution in [3.63, 3.8) is 0 Å². The Hall–Kier alpha value is -2.10. The number of aliphatic imine (C=N–C) groups is 1. The lowest BCUT2D eigenvalue weighted by Crippen LogP contribution is -2.44. The van der Waals surface area contributed by atoms with Crippen LogP contribution in [0.15, 0.2) is 46.1 Å². The van der Waals surface area contributed by atoms with E-state index in [1.165, 1.54) is 11.8 Å². The molecule has 0 aliphatic carbocycles. The lowest BCUT2D eigenvalue weighted by Gasteiger charge is -2.23. The summed E-state index contributed by atoms with van der Waals surface area (Å²) in [4.78, 5) is 20.5. The molecular formula is C17H22IN5O2. The van der Waals surface area contributed by atoms with E-state index >= 15 is 0 Å². The first kappa shape index (κ1) is 19.2. The molecule has 0 fully saturated rings. The van der Waals surface area contributed by atoms with E-state index in [0.717, 1.165) is 24.3 Å². The summed E-state index contributed by atoms with van der Waals surface area (Å²) in [5.41, 5.74) is 3.04. The van der Waals surface area contributed by atoms with Gasteiger partial charge in [0.2, 0.25) is 5.91 Å². The van der Waals surface area contributed by atoms with Gasteiger partial charge in [-0.3, -0.25) is 9.79 Å². The standard InChI is InChI=1S/C17H21N5O2.HI/c1-18-17(21(2)12-14-8-10-24-20-14)19-11-16(23)22-9-7-13-5-3-4-6-15(13)22;/h3-6,8,10H,7,9,11-12H2,1-2H3,(H,18,19);1H. The van der Waals surface area contributed by atoms with Gasteiger partial charge in [-0.2, -0.15) is 0 Å². The minimum atomic E-state index is 0. The number of nitrogens with zero attached hydrogens (tertiary/aromatic N) is 4. The van der Waals surface area contributed by atoms with Crippen LogP contribution in [0.1, 0.15) is 11.3 Å². The van der Waals surface area contributed by atoms with Gasteiger partial charge in [-0.1, -0.05) is 23.4 Å². The van der Waals surface area contributed by atoms with Crippen LogP contribution in [0.2, 0.25) is 0 Å². The summed E-state index contributed by atoms with van der Waals surface area (Å²) in [5.74, 6) is 0.676. The van der Waals surface area contributed by atoms with Crippen LogP contribution < -0.4 is 10.2 Å². The maximum atomic E-state index is 12.5. The van der Waals surface area contributed by atoms with Crippen molar-refractivity contribution >= 4 is 41.5 Å². The van der Waals surface area contributed by atoms with Gasteiger partial charge in [0.25, 0.3) is 0 Å². The Morgan fingerprint density at radius 1 is 1.40 bits per heavy atom. The first-order valence-electron chi connectivity index (χ1n) is 7.88. The third-order valence-corrected chi connectivity index (χ3v) is 4.05. The Morgan fingerprint density at radius 2 is 2.20 bits per heavy atom. The van der Waals surface area contributed by atoms with Gasteiger partial charge in [-0.15, -0.1) is 24.0 Å². The highest BCUT2D eigenvalue weighted by atomic mass is 127. The number of benzene rings is 1. The number of rotatable bonds is 4. The van der Waals surface area contributed by atoms with E-state index in [1.54, 1.807) is 13.1 Å². The molecule has 2 aromatic rings. The molecule has 0 saturated carbocycles. The van der Waals surface area contributed by atoms with Gasteiger partial charge in [0.05, 0.1) is 13.1 Å². The number of carbonyl (C=O) groups is 1. The highest BCUT2D eigenvalue weighted by molar-refractivity contribution is 14.0. The predicted octanol–water partition coefficient (Wildman–Crippen LogP) is 1.89. The van der Waals surface area contributed by atoms with Gasteiger partial charge in [-0.25, -0.2) is 0 Å². The first-order chi connectivity index (χ1) is 11.7. The minimum Gasteiger partial charge on any atom is -0.364 e. The average molecular weight is 455 g/mol. The van der Waals surface area contributed by atoms with Crippen LogP contribution in [0.4, 0.5) is 5.69 Å². The molecule has 3 rings (SSSR count). The molecule has 7 nitrogen and oxygen atoms in total. The number of hydrogen-bond acceptors (Lipinski definition) is 4. The molecule has 0 bridgehead atoms. The van der Waals surface area contributed by atoms with Gasteiger partial charge >= 0.3 is 0 Å². The number of amides is 1. The molecule has 1 N–H and O–H groups in total. The average Bonchev–Trinajstić information content (AvgIpc) is 3.24. The number of para-hydroxylation sites is 1. The van der Waals surface area contributed by atoms with Gasteiger partial charge < -0.3 is 19.6 Å². The van der Waals surface area contributed by atoms with E-state index in [0.29, 0.717) is 12.5 Å². The van der Waals surface area contributed by atoms with E-state index < -0.39 is 0 Å². The molecule has 1 aliphatic rings. The molecule has 134 valence electrons. The topological polar surface area (TPSA) is 74.0 Å². The maximum Gasteiger partial charge on any atom is 0.246 e. The number of guanidine groups is 1. The molecular weight excluding hydrogens is 433 g/mol. The van der Waals surface area contributed by atoms with Crippen molar-refractivity contribution in [2.75, 3.05) is 32.1 Å². The fourth-order valence-electron chi connectivity index (χ4n) is 2.87. The van der Waals surface area contributed by atoms with Crippen molar-refractivity contribution in [2.45, 2.75) is 13.0 Å². The zero-order chi connectivity index (χ0) is 16.9. The maximum absolute atomic E-state index is 12.5. The van der Waals surface area contributed by atoms with E-state index in [-0.39, 0.29) is 36.4 Å². The Morgan fingerprint density at radius 3 is 2.92 bits per heavy atom. The summed E-state index contributed by atoms with van der Waals surface area (Å²) in [6, 6.07) is 9.83. The molecule has 1 aromatic carbocycles. The van der Waals surface area contributed by atoms with Gasteiger partial charge in [-0.05, 0) is 18.1 Å². The number of nitrogens with one attached hydrogen (secondary N) is 1. The number of halogens is 1. The fourth-order valence-corrected chi connectivity index (χ4v) is 2.87. The summed E-state index contributed by atoms with van der Waals surface area (Å²) < 4.78 is 4.83. The molecule has 8 heteroatoms. The normalized spacial score (nSPS) is 13.2. The lowest BCUT2D eigenvalue weighted by atomic mass is 10.2. The second-order valence-corrected chi connectivity index (χ2v) is 5.67. The summed E-state index contributed by atoms with van der Waals surface area (Å²) in [6.07, 6.45) is 2.44. The molecule has 0 atom stereocenters. The zero-order valence-electron chi connectivity index (χ0n) is 14.3. The van der Waals surface area contributed by atoms with Gasteiger partial charge in [0.15, 0.2) is 5.96 Å². The molecule has 1 amide bonds. The number of fused-ring (bicyclic) bond motifs is 1. The fraction of sp³-hybridized carbons (Fsp3) is 0.353. The highest BCUT2D eigenvalue weighted by Gasteiger charge is 2.24.